The molecule has 0 saturated carbocycles. The van der Waals surface area contributed by atoms with Crippen LogP contribution in [0.5, 0.6) is 0 Å². The van der Waals surface area contributed by atoms with Crippen LogP contribution in [0.2, 0.25) is 0 Å². The number of nitrogens with two attached hydrogens (primary N) is 1. The van der Waals surface area contributed by atoms with Gasteiger partial charge in [-0.05, 0) is 36.8 Å². The number of halogens is 3. The predicted molar refractivity (Wildman–Crippen MR) is 89.7 cm³/mol. The Kier molecular flexibility index (Phi) is 5.23. The highest BCUT2D eigenvalue weighted by molar-refractivity contribution is 7.80. The highest BCUT2D eigenvalue weighted by Crippen LogP contribution is 2.29. The third-order valence-corrected chi connectivity index (χ3v) is 3.75. The smallest absolute Gasteiger partial charge is 0.389 e. The Hall–Kier alpha value is -2.41. The second kappa shape index (κ2) is 7.00. The number of hydrogen-bond donors (Lipinski definition) is 2. The van der Waals surface area contributed by atoms with E-state index in [1.165, 1.54) is 12.1 Å². The topological polar surface area (TPSA) is 55.1 Å². The predicted octanol–water partition coefficient (Wildman–Crippen LogP) is 3.83. The number of alkyl halides is 3. The molecule has 0 aliphatic rings. The van der Waals surface area contributed by atoms with E-state index in [4.69, 9.17) is 18.0 Å². The molecule has 0 saturated heterocycles. The van der Waals surface area contributed by atoms with Crippen molar-refractivity contribution in [2.24, 2.45) is 5.73 Å². The Morgan fingerprint density at radius 2 is 1.54 bits per heavy atom. The van der Waals surface area contributed by atoms with Gasteiger partial charge in [0.05, 0.1) is 11.6 Å². The van der Waals surface area contributed by atoms with Gasteiger partial charge in [0.25, 0.3) is 5.91 Å². The number of thiocarbonyl (C=S) groups is 1. The van der Waals surface area contributed by atoms with Gasteiger partial charge in [0, 0.05) is 11.1 Å². The zero-order chi connectivity index (χ0) is 17.9. The van der Waals surface area contributed by atoms with Crippen LogP contribution in [0, 0.1) is 0 Å². The molecule has 2 aromatic rings. The van der Waals surface area contributed by atoms with Crippen molar-refractivity contribution in [2.45, 2.75) is 19.1 Å². The van der Waals surface area contributed by atoms with Crippen LogP contribution >= 0.6 is 12.2 Å². The van der Waals surface area contributed by atoms with Gasteiger partial charge in [-0.3, -0.25) is 4.79 Å². The molecule has 0 heterocycles. The van der Waals surface area contributed by atoms with Crippen molar-refractivity contribution < 1.29 is 18.0 Å². The molecule has 1 amide bonds. The highest BCUT2D eigenvalue weighted by Gasteiger charge is 2.30. The molecular weight excluding hydrogens is 337 g/mol. The number of amides is 1. The molecule has 0 aliphatic heterocycles. The Labute approximate surface area is 142 Å². The van der Waals surface area contributed by atoms with Gasteiger partial charge in [-0.2, -0.15) is 13.2 Å². The molecule has 0 aliphatic carbocycles. The minimum Gasteiger partial charge on any atom is -0.389 e. The van der Waals surface area contributed by atoms with Crippen molar-refractivity contribution >= 4 is 23.1 Å². The molecule has 0 spiro atoms. The Bertz CT molecular complexity index is 740. The van der Waals surface area contributed by atoms with Gasteiger partial charge in [0.2, 0.25) is 0 Å². The molecule has 7 heteroatoms. The van der Waals surface area contributed by atoms with E-state index in [0.717, 1.165) is 12.1 Å². The summed E-state index contributed by atoms with van der Waals surface area (Å²) in [5.74, 6) is -0.336. The minimum absolute atomic E-state index is 0.236. The van der Waals surface area contributed by atoms with E-state index in [2.05, 4.69) is 5.32 Å². The first-order valence-corrected chi connectivity index (χ1v) is 7.47. The number of rotatable bonds is 4. The molecule has 0 aromatic heterocycles. The molecule has 0 bridgehead atoms. The van der Waals surface area contributed by atoms with Crippen LogP contribution in [-0.2, 0) is 6.18 Å². The van der Waals surface area contributed by atoms with Gasteiger partial charge in [-0.15, -0.1) is 0 Å². The van der Waals surface area contributed by atoms with Crippen LogP contribution in [0.3, 0.4) is 0 Å². The molecule has 126 valence electrons. The van der Waals surface area contributed by atoms with Gasteiger partial charge in [-0.25, -0.2) is 0 Å². The average Bonchev–Trinajstić information content (AvgIpc) is 2.54. The molecule has 1 atom stereocenters. The molecular formula is C17H15F3N2OS. The lowest BCUT2D eigenvalue weighted by Crippen LogP contribution is -2.26. The average molecular weight is 352 g/mol. The van der Waals surface area contributed by atoms with E-state index in [0.29, 0.717) is 16.7 Å². The van der Waals surface area contributed by atoms with Gasteiger partial charge in [-0.1, -0.05) is 36.5 Å². The van der Waals surface area contributed by atoms with Crippen LogP contribution in [0.4, 0.5) is 13.2 Å². The minimum atomic E-state index is -4.38. The molecule has 3 nitrogen and oxygen atoms in total. The molecule has 0 radical (unpaired) electrons. The number of nitrogens with one attached hydrogen (secondary N) is 1. The van der Waals surface area contributed by atoms with Gasteiger partial charge < -0.3 is 11.1 Å². The zero-order valence-electron chi connectivity index (χ0n) is 12.7. The van der Waals surface area contributed by atoms with Crippen LogP contribution < -0.4 is 11.1 Å². The Balaban J connectivity index is 2.07. The van der Waals surface area contributed by atoms with Gasteiger partial charge in [0.1, 0.15) is 4.99 Å². The number of hydrogen-bond acceptors (Lipinski definition) is 2. The number of carbonyl (C=O) groups is 1. The van der Waals surface area contributed by atoms with Crippen molar-refractivity contribution in [3.8, 4) is 0 Å². The van der Waals surface area contributed by atoms with E-state index in [9.17, 15) is 18.0 Å². The molecule has 3 N–H and O–H groups in total. The third kappa shape index (κ3) is 4.32. The van der Waals surface area contributed by atoms with Gasteiger partial charge >= 0.3 is 6.18 Å². The van der Waals surface area contributed by atoms with Crippen molar-refractivity contribution in [3.05, 3.63) is 70.8 Å². The summed E-state index contributed by atoms with van der Waals surface area (Å²) in [5.41, 5.74) is 6.41. The quantitative estimate of drug-likeness (QED) is 0.823. The normalized spacial score (nSPS) is 12.5. The monoisotopic (exact) mass is 352 g/mol. The maximum atomic E-state index is 12.6. The lowest BCUT2D eigenvalue weighted by molar-refractivity contribution is -0.137. The molecule has 0 unspecified atom stereocenters. The second-order valence-corrected chi connectivity index (χ2v) is 5.70. The second-order valence-electron chi connectivity index (χ2n) is 5.26. The van der Waals surface area contributed by atoms with E-state index in [-0.39, 0.29) is 10.9 Å². The van der Waals surface area contributed by atoms with E-state index >= 15 is 0 Å². The summed E-state index contributed by atoms with van der Waals surface area (Å²) in [6, 6.07) is 10.7. The summed E-state index contributed by atoms with van der Waals surface area (Å²) in [6.07, 6.45) is -4.38. The summed E-state index contributed by atoms with van der Waals surface area (Å²) < 4.78 is 37.7. The molecule has 0 fully saturated rings. The Morgan fingerprint density at radius 3 is 2.00 bits per heavy atom. The maximum Gasteiger partial charge on any atom is 0.416 e. The summed E-state index contributed by atoms with van der Waals surface area (Å²) in [7, 11) is 0. The van der Waals surface area contributed by atoms with Crippen LogP contribution in [-0.4, -0.2) is 10.9 Å². The fourth-order valence-electron chi connectivity index (χ4n) is 2.11. The molecule has 2 rings (SSSR count). The summed E-state index contributed by atoms with van der Waals surface area (Å²) in [6.45, 7) is 1.70. The SMILES string of the molecule is C[C@@H](NC(=O)c1ccc(C(N)=S)cc1)c1ccc(C(F)(F)F)cc1. The lowest BCUT2D eigenvalue weighted by Gasteiger charge is -2.15. The first-order valence-electron chi connectivity index (χ1n) is 7.06. The third-order valence-electron chi connectivity index (χ3n) is 3.52. The molecule has 2 aromatic carbocycles. The fourth-order valence-corrected chi connectivity index (χ4v) is 2.25. The first-order chi connectivity index (χ1) is 11.2. The van der Waals surface area contributed by atoms with Crippen molar-refractivity contribution in [3.63, 3.8) is 0 Å². The van der Waals surface area contributed by atoms with Crippen molar-refractivity contribution in [1.29, 1.82) is 0 Å². The standard InChI is InChI=1S/C17H15F3N2OS/c1-10(11-6-8-14(9-7-11)17(18,19)20)22-16(23)13-4-2-12(3-5-13)15(21)24/h2-10H,1H3,(H2,21,24)(H,22,23)/t10-/m1/s1. The highest BCUT2D eigenvalue weighted by atomic mass is 32.1. The van der Waals surface area contributed by atoms with E-state index in [1.54, 1.807) is 31.2 Å². The van der Waals surface area contributed by atoms with Crippen LogP contribution in [0.25, 0.3) is 0 Å². The Morgan fingerprint density at radius 1 is 1.04 bits per heavy atom. The van der Waals surface area contributed by atoms with E-state index in [1.807, 2.05) is 0 Å². The summed E-state index contributed by atoms with van der Waals surface area (Å²) in [4.78, 5) is 12.4. The first kappa shape index (κ1) is 17.9. The zero-order valence-corrected chi connectivity index (χ0v) is 13.5. The summed E-state index contributed by atoms with van der Waals surface area (Å²) in [5, 5.41) is 2.74. The number of benzene rings is 2. The van der Waals surface area contributed by atoms with Crippen LogP contribution in [0.1, 0.15) is 40.0 Å². The van der Waals surface area contributed by atoms with Gasteiger partial charge in [0.15, 0.2) is 0 Å². The fraction of sp³-hybridized carbons (Fsp3) is 0.176. The van der Waals surface area contributed by atoms with Crippen LogP contribution in [0.15, 0.2) is 48.5 Å². The summed E-state index contributed by atoms with van der Waals surface area (Å²) >= 11 is 4.84. The van der Waals surface area contributed by atoms with Crippen molar-refractivity contribution in [2.75, 3.05) is 0 Å². The van der Waals surface area contributed by atoms with E-state index < -0.39 is 17.8 Å². The molecule has 24 heavy (non-hydrogen) atoms. The number of carbonyl (C=O) groups excluding carboxylic acids is 1. The lowest BCUT2D eigenvalue weighted by atomic mass is 10.0. The van der Waals surface area contributed by atoms with Crippen molar-refractivity contribution in [1.82, 2.24) is 5.32 Å². The largest absolute Gasteiger partial charge is 0.416 e. The maximum absolute atomic E-state index is 12.6.